The number of hydrogen-bond acceptors (Lipinski definition) is 5. The fraction of sp³-hybridized carbons (Fsp3) is 0. The van der Waals surface area contributed by atoms with Crippen LogP contribution >= 0.6 is 0 Å². The Labute approximate surface area is 497 Å². The average Bonchev–Trinajstić information content (AvgIpc) is 3.72. The van der Waals surface area contributed by atoms with Crippen LogP contribution in [-0.2, 0) is 20.1 Å². The Morgan fingerprint density at radius 2 is 0.614 bits per heavy atom. The summed E-state index contributed by atoms with van der Waals surface area (Å²) in [7, 11) is 0. The summed E-state index contributed by atoms with van der Waals surface area (Å²) in [6, 6.07) is 104. The van der Waals surface area contributed by atoms with Gasteiger partial charge in [0.15, 0.2) is 0 Å². The van der Waals surface area contributed by atoms with Gasteiger partial charge in [0.1, 0.15) is 0 Å². The third kappa shape index (κ3) is 10.6. The first-order chi connectivity index (χ1) is 40.6. The Balaban J connectivity index is 0.00000680. The molecule has 0 fully saturated rings. The van der Waals surface area contributed by atoms with E-state index in [-0.39, 0.29) is 20.1 Å². The molecule has 0 unspecified atom stereocenters. The van der Waals surface area contributed by atoms with Crippen molar-refractivity contribution in [1.29, 1.82) is 10.5 Å². The van der Waals surface area contributed by atoms with Crippen LogP contribution in [0, 0.1) is 34.8 Å². The molecule has 10 aromatic carbocycles. The maximum absolute atomic E-state index is 10.6. The molecule has 6 heteroatoms. The molecule has 0 bridgehead atoms. The van der Waals surface area contributed by atoms with E-state index in [9.17, 15) is 10.5 Å². The summed E-state index contributed by atoms with van der Waals surface area (Å²) in [4.78, 5) is 14.1. The maximum atomic E-state index is 10.6. The molecule has 0 amide bonds. The number of nitrogens with zero attached hydrogens (tertiary/aromatic N) is 5. The molecule has 3 aromatic heterocycles. The molecule has 13 rings (SSSR count). The van der Waals surface area contributed by atoms with Gasteiger partial charge in [0.05, 0.1) is 29.0 Å². The number of rotatable bonds is 12. The minimum absolute atomic E-state index is 0. The largest absolute Gasteiger partial charge is 0.305 e. The molecule has 0 N–H and O–H groups in total. The Hall–Kier alpha value is -10.7. The number of nitriles is 2. The molecule has 0 aliphatic heterocycles. The third-order valence-corrected chi connectivity index (χ3v) is 15.0. The van der Waals surface area contributed by atoms with Crippen LogP contribution < -0.4 is 0 Å². The van der Waals surface area contributed by atoms with Crippen molar-refractivity contribution >= 4 is 0 Å². The summed E-state index contributed by atoms with van der Waals surface area (Å²) in [5.74, 6) is 0. The predicted molar refractivity (Wildman–Crippen MR) is 332 cm³/mol. The Bertz CT molecular complexity index is 4380. The summed E-state index contributed by atoms with van der Waals surface area (Å²) in [6.45, 7) is 0. The van der Waals surface area contributed by atoms with Crippen LogP contribution in [0.1, 0.15) is 11.1 Å². The monoisotopic (exact) mass is 1230 g/mol. The molecule has 0 aliphatic carbocycles. The number of benzene rings is 10. The van der Waals surface area contributed by atoms with Crippen molar-refractivity contribution in [3.63, 3.8) is 0 Å². The summed E-state index contributed by atoms with van der Waals surface area (Å²) in [5.41, 5.74) is 23.9. The van der Waals surface area contributed by atoms with Crippen LogP contribution in [0.2, 0.25) is 0 Å². The zero-order valence-electron chi connectivity index (χ0n) is 44.7. The first kappa shape index (κ1) is 53.0. The number of aromatic nitrogens is 3. The van der Waals surface area contributed by atoms with Crippen molar-refractivity contribution in [2.75, 3.05) is 0 Å². The average molecular weight is 1230 g/mol. The van der Waals surface area contributed by atoms with Crippen LogP contribution in [0.3, 0.4) is 0 Å². The van der Waals surface area contributed by atoms with Gasteiger partial charge in [-0.1, -0.05) is 215 Å². The topological polar surface area (TPSA) is 86.2 Å². The Morgan fingerprint density at radius 3 is 1.04 bits per heavy atom. The Kier molecular flexibility index (Phi) is 15.3. The van der Waals surface area contributed by atoms with Gasteiger partial charge in [-0.05, 0) is 139 Å². The molecule has 0 saturated carbocycles. The Morgan fingerprint density at radius 1 is 0.253 bits per heavy atom. The van der Waals surface area contributed by atoms with E-state index >= 15 is 0 Å². The van der Waals surface area contributed by atoms with E-state index < -0.39 is 0 Å². The van der Waals surface area contributed by atoms with E-state index in [4.69, 9.17) is 15.0 Å². The van der Waals surface area contributed by atoms with E-state index in [1.165, 1.54) is 0 Å². The molecule has 83 heavy (non-hydrogen) atoms. The van der Waals surface area contributed by atoms with Crippen LogP contribution in [0.5, 0.6) is 0 Å². The molecule has 0 spiro atoms. The number of pyridine rings is 3. The fourth-order valence-corrected chi connectivity index (χ4v) is 11.2. The molecule has 0 atom stereocenters. The van der Waals surface area contributed by atoms with E-state index in [1.807, 2.05) is 115 Å². The second-order valence-corrected chi connectivity index (χ2v) is 19.9. The zero-order chi connectivity index (χ0) is 55.2. The van der Waals surface area contributed by atoms with Gasteiger partial charge >= 0.3 is 0 Å². The van der Waals surface area contributed by atoms with E-state index in [1.54, 1.807) is 12.4 Å². The molecule has 391 valence electrons. The van der Waals surface area contributed by atoms with Gasteiger partial charge in [-0.25, -0.2) is 0 Å². The first-order valence-electron chi connectivity index (χ1n) is 27.1. The van der Waals surface area contributed by atoms with Gasteiger partial charge in [-0.15, -0.1) is 47.5 Å². The van der Waals surface area contributed by atoms with Gasteiger partial charge < -0.3 is 9.97 Å². The smallest absolute Gasteiger partial charge is 0.0997 e. The van der Waals surface area contributed by atoms with Crippen LogP contribution in [-0.4, -0.2) is 15.0 Å². The predicted octanol–water partition coefficient (Wildman–Crippen LogP) is 19.2. The van der Waals surface area contributed by atoms with Crippen LogP contribution in [0.25, 0.3) is 134 Å². The van der Waals surface area contributed by atoms with Crippen molar-refractivity contribution < 1.29 is 20.1 Å². The molecule has 0 saturated heterocycles. The van der Waals surface area contributed by atoms with Crippen molar-refractivity contribution in [2.45, 2.75) is 0 Å². The molecule has 0 aliphatic rings. The van der Waals surface area contributed by atoms with Gasteiger partial charge in [0.25, 0.3) is 0 Å². The summed E-state index contributed by atoms with van der Waals surface area (Å²) in [5, 5.41) is 21.2. The van der Waals surface area contributed by atoms with Gasteiger partial charge in [0, 0.05) is 44.3 Å². The SMILES string of the molecule is N#Cc1ccccc1-c1cc(-c2ccccn2)[c-]cc1-c1ccccc1-c1cc(-c2ccccc2-c2ccc(-c3ccccn3)cc2-c2ccccc2)cc(-c2ccccc2-c2c[c-]c(-c3ccccn3)cc2-c2ccccc2C#N)c1.[Ir]. The van der Waals surface area contributed by atoms with Crippen LogP contribution in [0.15, 0.2) is 286 Å². The zero-order valence-corrected chi connectivity index (χ0v) is 47.1. The van der Waals surface area contributed by atoms with Gasteiger partial charge in [0.2, 0.25) is 0 Å². The first-order valence-corrected chi connectivity index (χ1v) is 27.1. The molecular formula is C77H47IrN5-2. The fourth-order valence-electron chi connectivity index (χ4n) is 11.2. The minimum atomic E-state index is 0. The molecular weight excluding hydrogens is 1190 g/mol. The van der Waals surface area contributed by atoms with E-state index in [2.05, 4.69) is 182 Å². The van der Waals surface area contributed by atoms with Gasteiger partial charge in [-0.2, -0.15) is 10.5 Å². The summed E-state index contributed by atoms with van der Waals surface area (Å²) in [6.07, 6.45) is 5.42. The summed E-state index contributed by atoms with van der Waals surface area (Å²) < 4.78 is 0. The molecule has 3 heterocycles. The molecule has 5 nitrogen and oxygen atoms in total. The van der Waals surface area contributed by atoms with E-state index in [0.29, 0.717) is 11.1 Å². The number of hydrogen-bond donors (Lipinski definition) is 0. The van der Waals surface area contributed by atoms with Crippen LogP contribution in [0.4, 0.5) is 0 Å². The van der Waals surface area contributed by atoms with Crippen molar-refractivity contribution in [3.05, 3.63) is 309 Å². The van der Waals surface area contributed by atoms with Gasteiger partial charge in [-0.3, -0.25) is 4.98 Å². The molecule has 1 radical (unpaired) electrons. The minimum Gasteiger partial charge on any atom is -0.305 e. The maximum Gasteiger partial charge on any atom is 0.0997 e. The normalized spacial score (nSPS) is 10.8. The molecule has 13 aromatic rings. The quantitative estimate of drug-likeness (QED) is 0.114. The van der Waals surface area contributed by atoms with Crippen molar-refractivity contribution in [3.8, 4) is 146 Å². The van der Waals surface area contributed by atoms with E-state index in [0.717, 1.165) is 134 Å². The van der Waals surface area contributed by atoms with Crippen molar-refractivity contribution in [2.24, 2.45) is 0 Å². The van der Waals surface area contributed by atoms with Crippen molar-refractivity contribution in [1.82, 2.24) is 15.0 Å². The standard InChI is InChI=1S/C77H47N5.Ir/c78-50-56-22-4-6-24-61(56)73-48-54(76-33-15-18-42-81-76)36-39-70(73)67-30-12-9-27-64(67)59-44-58(63-26-8-11-29-66(63)69-38-35-53(75-32-14-17-41-80-75)47-72(69)52-20-2-1-3-21-52)45-60(46-59)65-28-10-13-31-68(65)71-40-37-55(77-34-16-19-43-82-77)49-74(71)62-25-7-5-23-57(62)51-79;/h1-35,38-49H;/q-2;. The second-order valence-electron chi connectivity index (χ2n) is 19.9. The summed E-state index contributed by atoms with van der Waals surface area (Å²) >= 11 is 0. The third-order valence-electron chi connectivity index (χ3n) is 15.0. The second kappa shape index (κ2) is 23.9.